The highest BCUT2D eigenvalue weighted by Crippen LogP contribution is 2.35. The molecule has 6 heteroatoms. The normalized spacial score (nSPS) is 19.2. The summed E-state index contributed by atoms with van der Waals surface area (Å²) in [4.78, 5) is 26.5. The first-order valence-electron chi connectivity index (χ1n) is 9.45. The van der Waals surface area contributed by atoms with Gasteiger partial charge in [0.15, 0.2) is 0 Å². The third-order valence-corrected chi connectivity index (χ3v) is 5.92. The number of hydrogen-bond donors (Lipinski definition) is 1. The van der Waals surface area contributed by atoms with Crippen LogP contribution < -0.4 is 10.5 Å². The number of primary amides is 1. The number of carbonyl (C=O) groups excluding carboxylic acids is 2. The summed E-state index contributed by atoms with van der Waals surface area (Å²) in [6.45, 7) is 1.53. The molecule has 1 saturated heterocycles. The molecule has 1 aliphatic heterocycles. The van der Waals surface area contributed by atoms with Crippen molar-refractivity contribution in [2.75, 3.05) is 19.7 Å². The van der Waals surface area contributed by atoms with E-state index >= 15 is 0 Å². The zero-order valence-corrected chi connectivity index (χ0v) is 17.4. The Morgan fingerprint density at radius 1 is 1.11 bits per heavy atom. The topological polar surface area (TPSA) is 72.6 Å². The summed E-state index contributed by atoms with van der Waals surface area (Å²) < 4.78 is 6.89. The van der Waals surface area contributed by atoms with E-state index in [-0.39, 0.29) is 18.2 Å². The van der Waals surface area contributed by atoms with Crippen LogP contribution in [0.3, 0.4) is 0 Å². The van der Waals surface area contributed by atoms with Gasteiger partial charge in [-0.2, -0.15) is 0 Å². The second kappa shape index (κ2) is 9.24. The van der Waals surface area contributed by atoms with E-state index in [0.29, 0.717) is 26.1 Å². The lowest BCUT2D eigenvalue weighted by atomic mass is 9.77. The largest absolute Gasteiger partial charge is 0.493 e. The summed E-state index contributed by atoms with van der Waals surface area (Å²) in [6, 6.07) is 17.2. The number of likely N-dealkylation sites (tertiary alicyclic amines) is 1. The summed E-state index contributed by atoms with van der Waals surface area (Å²) in [6.07, 6.45) is 2.17. The quantitative estimate of drug-likeness (QED) is 0.709. The van der Waals surface area contributed by atoms with Crippen molar-refractivity contribution in [3.05, 3.63) is 64.6 Å². The number of para-hydroxylation sites is 1. The highest BCUT2D eigenvalue weighted by atomic mass is 79.9. The Bertz CT molecular complexity index is 828. The number of carbonyl (C=O) groups is 2. The van der Waals surface area contributed by atoms with Gasteiger partial charge in [-0.3, -0.25) is 9.59 Å². The fourth-order valence-corrected chi connectivity index (χ4v) is 4.20. The molecule has 2 amide bonds. The first kappa shape index (κ1) is 20.4. The molecule has 1 unspecified atom stereocenters. The summed E-state index contributed by atoms with van der Waals surface area (Å²) in [5, 5.41) is 0. The Morgan fingerprint density at radius 3 is 2.54 bits per heavy atom. The van der Waals surface area contributed by atoms with Gasteiger partial charge in [0.1, 0.15) is 5.75 Å². The minimum Gasteiger partial charge on any atom is -0.493 e. The van der Waals surface area contributed by atoms with Crippen molar-refractivity contribution in [3.8, 4) is 5.75 Å². The highest BCUT2D eigenvalue weighted by molar-refractivity contribution is 9.10. The Kier molecular flexibility index (Phi) is 6.73. The number of nitrogens with zero attached hydrogens (tertiary/aromatic N) is 1. The van der Waals surface area contributed by atoms with E-state index in [1.165, 1.54) is 0 Å². The second-order valence-electron chi connectivity index (χ2n) is 7.43. The maximum absolute atomic E-state index is 12.9. The van der Waals surface area contributed by atoms with E-state index in [2.05, 4.69) is 15.9 Å². The molecule has 0 aromatic heterocycles. The van der Waals surface area contributed by atoms with E-state index < -0.39 is 5.41 Å². The molecule has 0 saturated carbocycles. The van der Waals surface area contributed by atoms with Crippen LogP contribution in [0.5, 0.6) is 5.75 Å². The number of halogens is 1. The molecule has 28 heavy (non-hydrogen) atoms. The molecular formula is C22H25BrN2O3. The van der Waals surface area contributed by atoms with Gasteiger partial charge in [-0.15, -0.1) is 0 Å². The van der Waals surface area contributed by atoms with E-state index in [1.807, 2.05) is 59.5 Å². The number of piperidine rings is 1. The first-order valence-corrected chi connectivity index (χ1v) is 10.2. The van der Waals surface area contributed by atoms with Gasteiger partial charge < -0.3 is 15.4 Å². The van der Waals surface area contributed by atoms with E-state index in [0.717, 1.165) is 28.6 Å². The lowest BCUT2D eigenvalue weighted by molar-refractivity contribution is -0.136. The van der Waals surface area contributed by atoms with Gasteiger partial charge in [-0.25, -0.2) is 0 Å². The molecule has 2 N–H and O–H groups in total. The number of rotatable bonds is 7. The van der Waals surface area contributed by atoms with Crippen molar-refractivity contribution in [1.82, 2.24) is 4.90 Å². The van der Waals surface area contributed by atoms with Crippen LogP contribution in [0.4, 0.5) is 0 Å². The minimum atomic E-state index is -0.455. The lowest BCUT2D eigenvalue weighted by Gasteiger charge is -2.42. The Labute approximate surface area is 174 Å². The van der Waals surface area contributed by atoms with Crippen LogP contribution in [0.2, 0.25) is 0 Å². The fourth-order valence-electron chi connectivity index (χ4n) is 3.77. The molecule has 0 radical (unpaired) electrons. The number of nitrogens with two attached hydrogens (primary N) is 1. The maximum atomic E-state index is 12.9. The molecule has 1 atom stereocenters. The lowest BCUT2D eigenvalue weighted by Crippen LogP contribution is -2.50. The Hall–Kier alpha value is -2.34. The third-order valence-electron chi connectivity index (χ3n) is 5.15. The number of hydrogen-bond acceptors (Lipinski definition) is 3. The van der Waals surface area contributed by atoms with Gasteiger partial charge in [0.25, 0.3) is 0 Å². The zero-order valence-electron chi connectivity index (χ0n) is 15.8. The monoisotopic (exact) mass is 444 g/mol. The van der Waals surface area contributed by atoms with Crippen molar-refractivity contribution in [2.24, 2.45) is 11.1 Å². The van der Waals surface area contributed by atoms with E-state index in [9.17, 15) is 9.59 Å². The smallest absolute Gasteiger partial charge is 0.227 e. The predicted molar refractivity (Wildman–Crippen MR) is 112 cm³/mol. The summed E-state index contributed by atoms with van der Waals surface area (Å²) in [5.41, 5.74) is 6.04. The molecule has 1 heterocycles. The van der Waals surface area contributed by atoms with Crippen LogP contribution in [-0.4, -0.2) is 36.4 Å². The van der Waals surface area contributed by atoms with Crippen LogP contribution in [0.1, 0.15) is 24.8 Å². The molecule has 3 rings (SSSR count). The van der Waals surface area contributed by atoms with Crippen LogP contribution in [0.15, 0.2) is 59.1 Å². The van der Waals surface area contributed by atoms with Gasteiger partial charge in [-0.05, 0) is 36.6 Å². The van der Waals surface area contributed by atoms with Crippen LogP contribution in [0.25, 0.3) is 0 Å². The molecule has 2 aromatic carbocycles. The molecule has 2 aromatic rings. The van der Waals surface area contributed by atoms with E-state index in [4.69, 9.17) is 10.5 Å². The Balaban J connectivity index is 1.71. The predicted octanol–water partition coefficient (Wildman–Crippen LogP) is 3.55. The third kappa shape index (κ3) is 5.35. The highest BCUT2D eigenvalue weighted by Gasteiger charge is 2.39. The number of benzene rings is 2. The van der Waals surface area contributed by atoms with Crippen LogP contribution in [0, 0.1) is 5.41 Å². The molecule has 5 nitrogen and oxygen atoms in total. The van der Waals surface area contributed by atoms with Gasteiger partial charge in [0.05, 0.1) is 13.0 Å². The van der Waals surface area contributed by atoms with E-state index in [1.54, 1.807) is 0 Å². The second-order valence-corrected chi connectivity index (χ2v) is 8.29. The van der Waals surface area contributed by atoms with Gasteiger partial charge in [0.2, 0.25) is 11.8 Å². The fraction of sp³-hybridized carbons (Fsp3) is 0.364. The molecule has 0 aliphatic carbocycles. The van der Waals surface area contributed by atoms with Crippen molar-refractivity contribution < 1.29 is 14.3 Å². The molecular weight excluding hydrogens is 420 g/mol. The van der Waals surface area contributed by atoms with Crippen molar-refractivity contribution in [3.63, 3.8) is 0 Å². The van der Waals surface area contributed by atoms with Crippen molar-refractivity contribution in [1.29, 1.82) is 0 Å². The average molecular weight is 445 g/mol. The SMILES string of the molecule is NC(=O)CC1(COc2ccccc2)CCCN(C(=O)Cc2ccccc2Br)C1. The standard InChI is InChI=1S/C22H25BrN2O3/c23-19-10-5-4-7-17(19)13-21(27)25-12-6-11-22(15-25,14-20(24)26)16-28-18-8-2-1-3-9-18/h1-5,7-10H,6,11-16H2,(H2,24,26). The van der Waals surface area contributed by atoms with Crippen molar-refractivity contribution >= 4 is 27.7 Å². The molecule has 1 fully saturated rings. The summed E-state index contributed by atoms with van der Waals surface area (Å²) in [7, 11) is 0. The first-order chi connectivity index (χ1) is 13.5. The van der Waals surface area contributed by atoms with Crippen LogP contribution >= 0.6 is 15.9 Å². The number of ether oxygens (including phenoxy) is 1. The number of amides is 2. The van der Waals surface area contributed by atoms with Crippen LogP contribution in [-0.2, 0) is 16.0 Å². The summed E-state index contributed by atoms with van der Waals surface area (Å²) >= 11 is 3.50. The van der Waals surface area contributed by atoms with Gasteiger partial charge in [0, 0.05) is 29.4 Å². The van der Waals surface area contributed by atoms with Gasteiger partial charge in [-0.1, -0.05) is 52.3 Å². The zero-order chi connectivity index (χ0) is 20.0. The molecule has 148 valence electrons. The van der Waals surface area contributed by atoms with Crippen molar-refractivity contribution in [2.45, 2.75) is 25.7 Å². The average Bonchev–Trinajstić information content (AvgIpc) is 2.69. The Morgan fingerprint density at radius 2 is 1.82 bits per heavy atom. The summed E-state index contributed by atoms with van der Waals surface area (Å²) in [5.74, 6) is 0.444. The maximum Gasteiger partial charge on any atom is 0.227 e. The molecule has 0 bridgehead atoms. The van der Waals surface area contributed by atoms with Gasteiger partial charge >= 0.3 is 0 Å². The minimum absolute atomic E-state index is 0.0557. The molecule has 1 aliphatic rings. The molecule has 0 spiro atoms.